The smallest absolute Gasteiger partial charge is 0.122 e. The number of alkyl halides is 1. The third-order valence-corrected chi connectivity index (χ3v) is 2.72. The van der Waals surface area contributed by atoms with Gasteiger partial charge in [-0.05, 0) is 31.4 Å². The monoisotopic (exact) mass is 268 g/mol. The lowest BCUT2D eigenvalue weighted by atomic mass is 10.0. The first-order chi connectivity index (χ1) is 7.27. The number of allylic oxidation sites excluding steroid dienone is 2. The van der Waals surface area contributed by atoms with Gasteiger partial charge in [-0.1, -0.05) is 45.8 Å². The van der Waals surface area contributed by atoms with Gasteiger partial charge in [-0.25, -0.2) is 0 Å². The van der Waals surface area contributed by atoms with Crippen LogP contribution in [-0.2, 0) is 6.42 Å². The number of hydrogen-bond donors (Lipinski definition) is 0. The lowest BCUT2D eigenvalue weighted by molar-refractivity contribution is 0.410. The Morgan fingerprint density at radius 1 is 1.40 bits per heavy atom. The van der Waals surface area contributed by atoms with Gasteiger partial charge in [0.2, 0.25) is 0 Å². The molecule has 1 rings (SSSR count). The highest BCUT2D eigenvalue weighted by Gasteiger charge is 2.01. The molecule has 0 aliphatic carbocycles. The summed E-state index contributed by atoms with van der Waals surface area (Å²) in [4.78, 5) is 0. The van der Waals surface area contributed by atoms with Crippen LogP contribution in [0.2, 0.25) is 0 Å². The minimum Gasteiger partial charge on any atom is -0.496 e. The molecule has 0 atom stereocenters. The van der Waals surface area contributed by atoms with Crippen LogP contribution in [0.25, 0.3) is 0 Å². The average Bonchev–Trinajstić information content (AvgIpc) is 2.27. The maximum atomic E-state index is 5.31. The summed E-state index contributed by atoms with van der Waals surface area (Å²) in [5.74, 6) is 0.976. The highest BCUT2D eigenvalue weighted by molar-refractivity contribution is 9.09. The normalized spacial score (nSPS) is 11.5. The summed E-state index contributed by atoms with van der Waals surface area (Å²) in [6, 6.07) is 8.17. The molecule has 0 saturated heterocycles. The first-order valence-electron chi connectivity index (χ1n) is 5.11. The van der Waals surface area contributed by atoms with Crippen molar-refractivity contribution in [3.63, 3.8) is 0 Å². The molecule has 0 saturated carbocycles. The van der Waals surface area contributed by atoms with Crippen molar-refractivity contribution in [2.75, 3.05) is 12.4 Å². The SMILES string of the molecule is COc1ccccc1CC(C)=CCCBr. The summed E-state index contributed by atoms with van der Waals surface area (Å²) in [7, 11) is 1.72. The van der Waals surface area contributed by atoms with E-state index in [4.69, 9.17) is 4.74 Å². The van der Waals surface area contributed by atoms with Crippen LogP contribution < -0.4 is 4.74 Å². The first kappa shape index (κ1) is 12.3. The van der Waals surface area contributed by atoms with Gasteiger partial charge in [-0.2, -0.15) is 0 Å². The quantitative estimate of drug-likeness (QED) is 0.580. The maximum Gasteiger partial charge on any atom is 0.122 e. The molecule has 1 nitrogen and oxygen atoms in total. The predicted octanol–water partition coefficient (Wildman–Crippen LogP) is 3.97. The van der Waals surface area contributed by atoms with E-state index in [9.17, 15) is 0 Å². The minimum atomic E-state index is 0.969. The molecule has 0 aliphatic heterocycles. The molecule has 0 aliphatic rings. The van der Waals surface area contributed by atoms with E-state index in [1.165, 1.54) is 11.1 Å². The van der Waals surface area contributed by atoms with Gasteiger partial charge in [0.25, 0.3) is 0 Å². The Hall–Kier alpha value is -0.760. The molecule has 0 radical (unpaired) electrons. The molecule has 1 aromatic carbocycles. The molecule has 0 fully saturated rings. The van der Waals surface area contributed by atoms with E-state index >= 15 is 0 Å². The van der Waals surface area contributed by atoms with Crippen LogP contribution in [0.5, 0.6) is 5.75 Å². The van der Waals surface area contributed by atoms with Crippen molar-refractivity contribution in [3.05, 3.63) is 41.5 Å². The van der Waals surface area contributed by atoms with E-state index in [1.54, 1.807) is 7.11 Å². The zero-order chi connectivity index (χ0) is 11.1. The summed E-state index contributed by atoms with van der Waals surface area (Å²) >= 11 is 3.42. The molecule has 15 heavy (non-hydrogen) atoms. The maximum absolute atomic E-state index is 5.31. The molecule has 0 unspecified atom stereocenters. The van der Waals surface area contributed by atoms with Gasteiger partial charge in [0.1, 0.15) is 5.75 Å². The van der Waals surface area contributed by atoms with Crippen LogP contribution in [-0.4, -0.2) is 12.4 Å². The Balaban J connectivity index is 2.71. The van der Waals surface area contributed by atoms with E-state index in [1.807, 2.05) is 12.1 Å². The largest absolute Gasteiger partial charge is 0.496 e. The van der Waals surface area contributed by atoms with Gasteiger partial charge < -0.3 is 4.74 Å². The molecule has 0 N–H and O–H groups in total. The van der Waals surface area contributed by atoms with Crippen LogP contribution in [0.15, 0.2) is 35.9 Å². The third kappa shape index (κ3) is 4.08. The number of rotatable bonds is 5. The lowest BCUT2D eigenvalue weighted by Gasteiger charge is -2.08. The number of hydrogen-bond acceptors (Lipinski definition) is 1. The van der Waals surface area contributed by atoms with Gasteiger partial charge in [0.15, 0.2) is 0 Å². The number of methoxy groups -OCH3 is 1. The Morgan fingerprint density at radius 3 is 2.80 bits per heavy atom. The topological polar surface area (TPSA) is 9.23 Å². The summed E-state index contributed by atoms with van der Waals surface area (Å²) in [5, 5.41) is 1.02. The van der Waals surface area contributed by atoms with Crippen molar-refractivity contribution in [2.45, 2.75) is 19.8 Å². The Labute approximate surface area is 100 Å². The van der Waals surface area contributed by atoms with E-state index < -0.39 is 0 Å². The molecular formula is C13H17BrO. The Morgan fingerprint density at radius 2 is 2.13 bits per heavy atom. The summed E-state index contributed by atoms with van der Waals surface area (Å²) in [6.07, 6.45) is 4.32. The zero-order valence-corrected chi connectivity index (χ0v) is 10.9. The van der Waals surface area contributed by atoms with Gasteiger partial charge >= 0.3 is 0 Å². The van der Waals surface area contributed by atoms with Crippen molar-refractivity contribution >= 4 is 15.9 Å². The van der Waals surface area contributed by atoms with Crippen molar-refractivity contribution < 1.29 is 4.74 Å². The Kier molecular flexibility index (Phi) is 5.48. The highest BCUT2D eigenvalue weighted by atomic mass is 79.9. The molecule has 1 aromatic rings. The molecule has 2 heteroatoms. The van der Waals surface area contributed by atoms with Crippen LogP contribution >= 0.6 is 15.9 Å². The summed E-state index contributed by atoms with van der Waals surface area (Å²) in [5.41, 5.74) is 2.64. The summed E-state index contributed by atoms with van der Waals surface area (Å²) < 4.78 is 5.31. The van der Waals surface area contributed by atoms with Crippen LogP contribution in [0.3, 0.4) is 0 Å². The second-order valence-electron chi connectivity index (χ2n) is 3.52. The fourth-order valence-corrected chi connectivity index (χ4v) is 1.75. The minimum absolute atomic E-state index is 0.969. The van der Waals surface area contributed by atoms with Crippen molar-refractivity contribution in [1.29, 1.82) is 0 Å². The number of benzene rings is 1. The lowest BCUT2D eigenvalue weighted by Crippen LogP contribution is -1.93. The molecule has 0 bridgehead atoms. The van der Waals surface area contributed by atoms with E-state index in [0.29, 0.717) is 0 Å². The van der Waals surface area contributed by atoms with E-state index in [2.05, 4.69) is 41.1 Å². The molecule has 82 valence electrons. The molecule has 0 aromatic heterocycles. The number of ether oxygens (including phenoxy) is 1. The standard InChI is InChI=1S/C13H17BrO/c1-11(6-5-9-14)10-12-7-3-4-8-13(12)15-2/h3-4,6-8H,5,9-10H2,1-2H3. The van der Waals surface area contributed by atoms with Gasteiger partial charge in [0, 0.05) is 5.33 Å². The van der Waals surface area contributed by atoms with E-state index in [-0.39, 0.29) is 0 Å². The number of halogens is 1. The van der Waals surface area contributed by atoms with Gasteiger partial charge in [0.05, 0.1) is 7.11 Å². The van der Waals surface area contributed by atoms with Crippen LogP contribution in [0.4, 0.5) is 0 Å². The molecule has 0 amide bonds. The highest BCUT2D eigenvalue weighted by Crippen LogP contribution is 2.20. The van der Waals surface area contributed by atoms with Crippen molar-refractivity contribution in [3.8, 4) is 5.75 Å². The van der Waals surface area contributed by atoms with E-state index in [0.717, 1.165) is 23.9 Å². The first-order valence-corrected chi connectivity index (χ1v) is 6.23. The number of para-hydroxylation sites is 1. The van der Waals surface area contributed by atoms with Crippen LogP contribution in [0, 0.1) is 0 Å². The third-order valence-electron chi connectivity index (χ3n) is 2.26. The van der Waals surface area contributed by atoms with Crippen LogP contribution in [0.1, 0.15) is 18.9 Å². The molecule has 0 spiro atoms. The molecule has 0 heterocycles. The summed E-state index contributed by atoms with van der Waals surface area (Å²) in [6.45, 7) is 2.16. The second kappa shape index (κ2) is 6.67. The van der Waals surface area contributed by atoms with Crippen molar-refractivity contribution in [2.24, 2.45) is 0 Å². The zero-order valence-electron chi connectivity index (χ0n) is 9.29. The van der Waals surface area contributed by atoms with Crippen molar-refractivity contribution in [1.82, 2.24) is 0 Å². The van der Waals surface area contributed by atoms with Gasteiger partial charge in [-0.15, -0.1) is 0 Å². The fraction of sp³-hybridized carbons (Fsp3) is 0.385. The second-order valence-corrected chi connectivity index (χ2v) is 4.31. The Bertz CT molecular complexity index is 331. The fourth-order valence-electron chi connectivity index (χ4n) is 1.52. The molecular weight excluding hydrogens is 252 g/mol. The van der Waals surface area contributed by atoms with Gasteiger partial charge in [-0.3, -0.25) is 0 Å². The predicted molar refractivity (Wildman–Crippen MR) is 68.9 cm³/mol. The average molecular weight is 269 g/mol.